The fourth-order valence-electron chi connectivity index (χ4n) is 1.77. The SMILES string of the molecule is CCC(C)NS(=O)(=O)c1cccc(NC(=O)[C@@H](N)CCSC)c1. The Morgan fingerprint density at radius 3 is 2.70 bits per heavy atom. The van der Waals surface area contributed by atoms with Crippen LogP contribution in [0.3, 0.4) is 0 Å². The first-order chi connectivity index (χ1) is 10.8. The van der Waals surface area contributed by atoms with Gasteiger partial charge < -0.3 is 11.1 Å². The highest BCUT2D eigenvalue weighted by Crippen LogP contribution is 2.16. The van der Waals surface area contributed by atoms with Crippen molar-refractivity contribution in [2.45, 2.75) is 43.7 Å². The van der Waals surface area contributed by atoms with E-state index in [0.29, 0.717) is 18.5 Å². The van der Waals surface area contributed by atoms with Crippen molar-refractivity contribution in [1.82, 2.24) is 4.72 Å². The van der Waals surface area contributed by atoms with Crippen LogP contribution in [0.15, 0.2) is 29.2 Å². The Morgan fingerprint density at radius 1 is 1.39 bits per heavy atom. The van der Waals surface area contributed by atoms with Crippen LogP contribution in [0.25, 0.3) is 0 Å². The van der Waals surface area contributed by atoms with E-state index in [1.54, 1.807) is 30.8 Å². The average molecular weight is 360 g/mol. The minimum atomic E-state index is -3.60. The van der Waals surface area contributed by atoms with Gasteiger partial charge in [-0.05, 0) is 50.0 Å². The fourth-order valence-corrected chi connectivity index (χ4v) is 3.63. The standard InChI is InChI=1S/C15H25N3O3S2/c1-4-11(2)18-23(20,21)13-7-5-6-12(10-13)17-15(19)14(16)8-9-22-3/h5-7,10-11,14,18H,4,8-9,16H2,1-3H3,(H,17,19)/t11?,14-/m0/s1. The second-order valence-electron chi connectivity index (χ2n) is 5.34. The van der Waals surface area contributed by atoms with Crippen molar-refractivity contribution in [2.75, 3.05) is 17.3 Å². The van der Waals surface area contributed by atoms with E-state index in [-0.39, 0.29) is 16.8 Å². The highest BCUT2D eigenvalue weighted by Gasteiger charge is 2.18. The van der Waals surface area contributed by atoms with Crippen molar-refractivity contribution in [3.05, 3.63) is 24.3 Å². The summed E-state index contributed by atoms with van der Waals surface area (Å²) in [5.74, 6) is 0.477. The Balaban J connectivity index is 2.83. The molecule has 0 fully saturated rings. The molecule has 1 unspecified atom stereocenters. The van der Waals surface area contributed by atoms with E-state index in [9.17, 15) is 13.2 Å². The Labute approximate surface area is 142 Å². The minimum Gasteiger partial charge on any atom is -0.325 e. The molecule has 130 valence electrons. The molecular formula is C15H25N3O3S2. The normalized spacial score (nSPS) is 14.3. The average Bonchev–Trinajstić information content (AvgIpc) is 2.52. The van der Waals surface area contributed by atoms with Crippen LogP contribution >= 0.6 is 11.8 Å². The third kappa shape index (κ3) is 6.50. The Kier molecular flexibility index (Phi) is 8.04. The van der Waals surface area contributed by atoms with Gasteiger partial charge in [-0.1, -0.05) is 13.0 Å². The highest BCUT2D eigenvalue weighted by molar-refractivity contribution is 7.98. The van der Waals surface area contributed by atoms with E-state index in [1.165, 1.54) is 12.1 Å². The van der Waals surface area contributed by atoms with Crippen molar-refractivity contribution >= 4 is 33.4 Å². The van der Waals surface area contributed by atoms with Gasteiger partial charge in [-0.3, -0.25) is 4.79 Å². The molecule has 6 nitrogen and oxygen atoms in total. The second-order valence-corrected chi connectivity index (χ2v) is 8.04. The van der Waals surface area contributed by atoms with Gasteiger partial charge in [0, 0.05) is 11.7 Å². The molecule has 0 aliphatic rings. The van der Waals surface area contributed by atoms with Gasteiger partial charge in [0.2, 0.25) is 15.9 Å². The molecular weight excluding hydrogens is 334 g/mol. The number of anilines is 1. The molecule has 0 aliphatic heterocycles. The summed E-state index contributed by atoms with van der Waals surface area (Å²) >= 11 is 1.62. The number of hydrogen-bond acceptors (Lipinski definition) is 5. The maximum absolute atomic E-state index is 12.3. The predicted octanol–water partition coefficient (Wildman–Crippen LogP) is 1.78. The number of nitrogens with two attached hydrogens (primary N) is 1. The summed E-state index contributed by atoms with van der Waals surface area (Å²) in [6.07, 6.45) is 3.21. The molecule has 0 bridgehead atoms. The predicted molar refractivity (Wildman–Crippen MR) is 96.1 cm³/mol. The summed E-state index contributed by atoms with van der Waals surface area (Å²) in [4.78, 5) is 12.1. The first-order valence-corrected chi connectivity index (χ1v) is 10.4. The summed E-state index contributed by atoms with van der Waals surface area (Å²) in [5.41, 5.74) is 6.22. The van der Waals surface area contributed by atoms with E-state index in [4.69, 9.17) is 5.73 Å². The van der Waals surface area contributed by atoms with Gasteiger partial charge in [-0.15, -0.1) is 0 Å². The number of carbonyl (C=O) groups is 1. The molecule has 0 heterocycles. The molecule has 0 radical (unpaired) electrons. The smallest absolute Gasteiger partial charge is 0.241 e. The Hall–Kier alpha value is -1.09. The fraction of sp³-hybridized carbons (Fsp3) is 0.533. The van der Waals surface area contributed by atoms with Crippen LogP contribution in [0, 0.1) is 0 Å². The lowest BCUT2D eigenvalue weighted by Gasteiger charge is -2.14. The first-order valence-electron chi connectivity index (χ1n) is 7.48. The molecule has 2 atom stereocenters. The van der Waals surface area contributed by atoms with Gasteiger partial charge in [-0.25, -0.2) is 13.1 Å². The van der Waals surface area contributed by atoms with E-state index < -0.39 is 16.1 Å². The molecule has 1 amide bonds. The lowest BCUT2D eigenvalue weighted by molar-refractivity contribution is -0.117. The number of benzene rings is 1. The van der Waals surface area contributed by atoms with Crippen molar-refractivity contribution in [1.29, 1.82) is 0 Å². The lowest BCUT2D eigenvalue weighted by atomic mass is 10.2. The van der Waals surface area contributed by atoms with Gasteiger partial charge in [0.1, 0.15) is 0 Å². The molecule has 0 spiro atoms. The molecule has 4 N–H and O–H groups in total. The topological polar surface area (TPSA) is 101 Å². The summed E-state index contributed by atoms with van der Waals surface area (Å²) in [6, 6.07) is 5.40. The number of carbonyl (C=O) groups excluding carboxylic acids is 1. The zero-order valence-electron chi connectivity index (χ0n) is 13.7. The largest absolute Gasteiger partial charge is 0.325 e. The zero-order valence-corrected chi connectivity index (χ0v) is 15.3. The molecule has 0 aromatic heterocycles. The van der Waals surface area contributed by atoms with Crippen molar-refractivity contribution in [2.24, 2.45) is 5.73 Å². The number of amides is 1. The molecule has 0 saturated heterocycles. The third-order valence-electron chi connectivity index (χ3n) is 3.35. The van der Waals surface area contributed by atoms with Gasteiger partial charge in [0.25, 0.3) is 0 Å². The molecule has 1 aromatic rings. The number of hydrogen-bond donors (Lipinski definition) is 3. The van der Waals surface area contributed by atoms with Crippen molar-refractivity contribution in [3.8, 4) is 0 Å². The summed E-state index contributed by atoms with van der Waals surface area (Å²) in [5, 5.41) is 2.66. The number of sulfonamides is 1. The van der Waals surface area contributed by atoms with E-state index in [0.717, 1.165) is 5.75 Å². The lowest BCUT2D eigenvalue weighted by Crippen LogP contribution is -2.36. The van der Waals surface area contributed by atoms with Crippen LogP contribution in [-0.2, 0) is 14.8 Å². The van der Waals surface area contributed by atoms with Crippen LogP contribution in [0.2, 0.25) is 0 Å². The monoisotopic (exact) mass is 359 g/mol. The summed E-state index contributed by atoms with van der Waals surface area (Å²) < 4.78 is 27.1. The third-order valence-corrected chi connectivity index (χ3v) is 5.58. The maximum atomic E-state index is 12.3. The van der Waals surface area contributed by atoms with Crippen molar-refractivity contribution < 1.29 is 13.2 Å². The van der Waals surface area contributed by atoms with E-state index in [1.807, 2.05) is 13.2 Å². The zero-order chi connectivity index (χ0) is 17.5. The quantitative estimate of drug-likeness (QED) is 0.624. The molecule has 0 saturated carbocycles. The number of thioether (sulfide) groups is 1. The molecule has 1 aromatic carbocycles. The first kappa shape index (κ1) is 20.0. The Morgan fingerprint density at radius 2 is 2.09 bits per heavy atom. The van der Waals surface area contributed by atoms with Gasteiger partial charge in [-0.2, -0.15) is 11.8 Å². The molecule has 23 heavy (non-hydrogen) atoms. The molecule has 8 heteroatoms. The van der Waals surface area contributed by atoms with Crippen LogP contribution < -0.4 is 15.8 Å². The van der Waals surface area contributed by atoms with Crippen LogP contribution in [0.4, 0.5) is 5.69 Å². The summed E-state index contributed by atoms with van der Waals surface area (Å²) in [6.45, 7) is 3.70. The minimum absolute atomic E-state index is 0.119. The van der Waals surface area contributed by atoms with Gasteiger partial charge >= 0.3 is 0 Å². The Bertz CT molecular complexity index is 620. The number of rotatable bonds is 9. The van der Waals surface area contributed by atoms with Crippen LogP contribution in [0.1, 0.15) is 26.7 Å². The molecule has 1 rings (SSSR count). The maximum Gasteiger partial charge on any atom is 0.241 e. The van der Waals surface area contributed by atoms with Crippen molar-refractivity contribution in [3.63, 3.8) is 0 Å². The van der Waals surface area contributed by atoms with E-state index in [2.05, 4.69) is 10.0 Å². The van der Waals surface area contributed by atoms with Crippen LogP contribution in [0.5, 0.6) is 0 Å². The second kappa shape index (κ2) is 9.27. The summed E-state index contributed by atoms with van der Waals surface area (Å²) in [7, 11) is -3.60. The van der Waals surface area contributed by atoms with E-state index >= 15 is 0 Å². The molecule has 0 aliphatic carbocycles. The van der Waals surface area contributed by atoms with Crippen LogP contribution in [-0.4, -0.2) is 38.4 Å². The number of nitrogens with one attached hydrogen (secondary N) is 2. The highest BCUT2D eigenvalue weighted by atomic mass is 32.2. The van der Waals surface area contributed by atoms with Gasteiger partial charge in [0.15, 0.2) is 0 Å². The van der Waals surface area contributed by atoms with Gasteiger partial charge in [0.05, 0.1) is 10.9 Å².